The van der Waals surface area contributed by atoms with Gasteiger partial charge in [-0.2, -0.15) is 0 Å². The van der Waals surface area contributed by atoms with Crippen LogP contribution in [0.4, 0.5) is 0 Å². The van der Waals surface area contributed by atoms with E-state index in [1.807, 2.05) is 0 Å². The topological polar surface area (TPSA) is 156 Å². The van der Waals surface area contributed by atoms with Crippen LogP contribution in [0.15, 0.2) is 12.2 Å². The van der Waals surface area contributed by atoms with Crippen molar-refractivity contribution >= 4 is 23.7 Å². The minimum atomic E-state index is -1.09. The Balaban J connectivity index is 1.82. The first kappa shape index (κ1) is 21.7. The third-order valence-corrected chi connectivity index (χ3v) is 2.77. The zero-order chi connectivity index (χ0) is 19.2. The molecule has 0 fully saturated rings. The van der Waals surface area contributed by atoms with E-state index < -0.39 is 23.7 Å². The Kier molecular flexibility index (Phi) is 10.8. The Bertz CT molecular complexity index is 507. The van der Waals surface area contributed by atoms with Gasteiger partial charge >= 0.3 is 5.97 Å². The van der Waals surface area contributed by atoms with Crippen molar-refractivity contribution in [2.75, 3.05) is 52.7 Å². The fraction of sp³-hybridized carbons (Fsp3) is 0.571. The highest BCUT2D eigenvalue weighted by Crippen LogP contribution is 1.98. The summed E-state index contributed by atoms with van der Waals surface area (Å²) in [5.41, 5.74) is 7.02. The standard InChI is InChI=1S/C14H22N4O8/c19-11(17-15-9-14(22)23)10-26-8-7-25-6-5-24-4-3-16-18-12(20)1-2-13(18)21/h1-2,15-16H,3-10H2,(H,17,19)(H,22,23). The van der Waals surface area contributed by atoms with Crippen molar-refractivity contribution in [2.45, 2.75) is 0 Å². The predicted molar refractivity (Wildman–Crippen MR) is 85.2 cm³/mol. The summed E-state index contributed by atoms with van der Waals surface area (Å²) in [6.45, 7) is 1.08. The van der Waals surface area contributed by atoms with E-state index >= 15 is 0 Å². The Morgan fingerprint density at radius 2 is 1.54 bits per heavy atom. The number of aliphatic carboxylic acids is 1. The number of carboxylic acid groups (broad SMARTS) is 1. The first-order chi connectivity index (χ1) is 12.5. The summed E-state index contributed by atoms with van der Waals surface area (Å²) in [6.07, 6.45) is 2.37. The van der Waals surface area contributed by atoms with Gasteiger partial charge in [-0.05, 0) is 0 Å². The number of carbonyl (C=O) groups is 4. The van der Waals surface area contributed by atoms with Crippen molar-refractivity contribution in [2.24, 2.45) is 0 Å². The second-order valence-electron chi connectivity index (χ2n) is 4.83. The molecule has 0 atom stereocenters. The van der Waals surface area contributed by atoms with Crippen molar-refractivity contribution in [3.05, 3.63) is 12.2 Å². The number of carboxylic acids is 1. The minimum Gasteiger partial charge on any atom is -0.480 e. The van der Waals surface area contributed by atoms with E-state index in [0.29, 0.717) is 26.4 Å². The summed E-state index contributed by atoms with van der Waals surface area (Å²) in [7, 11) is 0. The second kappa shape index (κ2) is 12.9. The molecule has 0 saturated heterocycles. The molecule has 1 heterocycles. The second-order valence-corrected chi connectivity index (χ2v) is 4.83. The highest BCUT2D eigenvalue weighted by Gasteiger charge is 2.22. The number of amides is 3. The van der Waals surface area contributed by atoms with Gasteiger partial charge in [-0.15, -0.1) is 0 Å². The number of hydrazine groups is 2. The first-order valence-electron chi connectivity index (χ1n) is 7.77. The van der Waals surface area contributed by atoms with Gasteiger partial charge in [0.1, 0.15) is 13.2 Å². The molecule has 1 aliphatic rings. The molecular weight excluding hydrogens is 352 g/mol. The molecule has 1 aliphatic heterocycles. The Hall–Kier alpha value is -2.38. The van der Waals surface area contributed by atoms with Gasteiger partial charge < -0.3 is 19.3 Å². The SMILES string of the molecule is O=C(O)CNNC(=O)COCCOCCOCCNN1C(=O)C=CC1=O. The van der Waals surface area contributed by atoms with Crippen LogP contribution in [-0.2, 0) is 33.4 Å². The van der Waals surface area contributed by atoms with Crippen molar-refractivity contribution in [1.29, 1.82) is 0 Å². The van der Waals surface area contributed by atoms with Crippen molar-refractivity contribution < 1.29 is 38.5 Å². The lowest BCUT2D eigenvalue weighted by atomic mass is 10.6. The van der Waals surface area contributed by atoms with Gasteiger partial charge in [0.2, 0.25) is 0 Å². The van der Waals surface area contributed by atoms with Gasteiger partial charge in [0.05, 0.1) is 33.0 Å². The van der Waals surface area contributed by atoms with E-state index in [0.717, 1.165) is 5.01 Å². The Labute approximate surface area is 149 Å². The van der Waals surface area contributed by atoms with E-state index in [1.165, 1.54) is 12.2 Å². The number of rotatable bonds is 15. The fourth-order valence-electron chi connectivity index (χ4n) is 1.64. The number of carbonyl (C=O) groups excluding carboxylic acids is 3. The smallest absolute Gasteiger partial charge is 0.319 e. The lowest BCUT2D eigenvalue weighted by molar-refractivity contribution is -0.141. The molecule has 4 N–H and O–H groups in total. The van der Waals surface area contributed by atoms with Gasteiger partial charge in [0, 0.05) is 18.7 Å². The Morgan fingerprint density at radius 3 is 2.15 bits per heavy atom. The number of ether oxygens (including phenoxy) is 3. The monoisotopic (exact) mass is 374 g/mol. The normalized spacial score (nSPS) is 13.5. The molecule has 12 heteroatoms. The third kappa shape index (κ3) is 9.80. The quantitative estimate of drug-likeness (QED) is 0.134. The predicted octanol–water partition coefficient (Wildman–Crippen LogP) is -2.83. The summed E-state index contributed by atoms with van der Waals surface area (Å²) >= 11 is 0. The molecule has 12 nitrogen and oxygen atoms in total. The fourth-order valence-corrected chi connectivity index (χ4v) is 1.64. The highest BCUT2D eigenvalue weighted by atomic mass is 16.5. The number of hydrogen-bond donors (Lipinski definition) is 4. The van der Waals surface area contributed by atoms with Crippen LogP contribution in [0.3, 0.4) is 0 Å². The first-order valence-corrected chi connectivity index (χ1v) is 7.77. The summed E-state index contributed by atoms with van der Waals surface area (Å²) in [5, 5.41) is 9.26. The molecule has 0 aromatic rings. The van der Waals surface area contributed by atoms with E-state index in [1.54, 1.807) is 0 Å². The average molecular weight is 374 g/mol. The third-order valence-electron chi connectivity index (χ3n) is 2.77. The maximum absolute atomic E-state index is 11.2. The van der Waals surface area contributed by atoms with Gasteiger partial charge in [0.25, 0.3) is 17.7 Å². The van der Waals surface area contributed by atoms with Gasteiger partial charge in [-0.25, -0.2) is 15.9 Å². The molecule has 1 rings (SSSR count). The molecule has 26 heavy (non-hydrogen) atoms. The zero-order valence-electron chi connectivity index (χ0n) is 14.1. The molecule has 0 radical (unpaired) electrons. The zero-order valence-corrected chi connectivity index (χ0v) is 14.1. The van der Waals surface area contributed by atoms with Crippen molar-refractivity contribution in [3.8, 4) is 0 Å². The van der Waals surface area contributed by atoms with Gasteiger partial charge in [-0.1, -0.05) is 0 Å². The molecule has 0 saturated carbocycles. The molecular formula is C14H22N4O8. The molecule has 0 aromatic carbocycles. The minimum absolute atomic E-state index is 0.195. The lowest BCUT2D eigenvalue weighted by Crippen LogP contribution is -2.44. The largest absolute Gasteiger partial charge is 0.480 e. The van der Waals surface area contributed by atoms with Gasteiger partial charge in [-0.3, -0.25) is 24.6 Å². The molecule has 0 aromatic heterocycles. The van der Waals surface area contributed by atoms with Crippen LogP contribution in [0.25, 0.3) is 0 Å². The molecule has 0 unspecified atom stereocenters. The van der Waals surface area contributed by atoms with E-state index in [-0.39, 0.29) is 26.4 Å². The van der Waals surface area contributed by atoms with E-state index in [2.05, 4.69) is 16.3 Å². The van der Waals surface area contributed by atoms with Crippen LogP contribution in [0, 0.1) is 0 Å². The summed E-state index contributed by atoms with van der Waals surface area (Å²) in [6, 6.07) is 0. The average Bonchev–Trinajstić information content (AvgIpc) is 2.91. The highest BCUT2D eigenvalue weighted by molar-refractivity contribution is 6.12. The summed E-state index contributed by atoms with van der Waals surface area (Å²) < 4.78 is 15.5. The van der Waals surface area contributed by atoms with Crippen molar-refractivity contribution in [3.63, 3.8) is 0 Å². The van der Waals surface area contributed by atoms with Crippen molar-refractivity contribution in [1.82, 2.24) is 21.3 Å². The van der Waals surface area contributed by atoms with Crippen LogP contribution in [0.1, 0.15) is 0 Å². The number of imide groups is 1. The molecule has 0 spiro atoms. The van der Waals surface area contributed by atoms with Crippen LogP contribution >= 0.6 is 0 Å². The molecule has 3 amide bonds. The number of nitrogens with zero attached hydrogens (tertiary/aromatic N) is 1. The maximum atomic E-state index is 11.2. The number of nitrogens with one attached hydrogen (secondary N) is 3. The van der Waals surface area contributed by atoms with E-state index in [4.69, 9.17) is 19.3 Å². The lowest BCUT2D eigenvalue weighted by Gasteiger charge is -2.14. The van der Waals surface area contributed by atoms with Crippen LogP contribution in [0.5, 0.6) is 0 Å². The molecule has 0 aliphatic carbocycles. The molecule has 146 valence electrons. The summed E-state index contributed by atoms with van der Waals surface area (Å²) in [4.78, 5) is 43.8. The number of hydrogen-bond acceptors (Lipinski definition) is 9. The Morgan fingerprint density at radius 1 is 0.962 bits per heavy atom. The maximum Gasteiger partial charge on any atom is 0.319 e. The van der Waals surface area contributed by atoms with E-state index in [9.17, 15) is 19.2 Å². The van der Waals surface area contributed by atoms with Crippen LogP contribution in [-0.4, -0.2) is 86.5 Å². The van der Waals surface area contributed by atoms with Crippen LogP contribution in [0.2, 0.25) is 0 Å². The van der Waals surface area contributed by atoms with Crippen LogP contribution < -0.4 is 16.3 Å². The molecule has 0 bridgehead atoms. The summed E-state index contributed by atoms with van der Waals surface area (Å²) in [5.74, 6) is -2.41. The van der Waals surface area contributed by atoms with Gasteiger partial charge in [0.15, 0.2) is 0 Å².